The van der Waals surface area contributed by atoms with Crippen LogP contribution in [0.25, 0.3) is 11.3 Å². The lowest BCUT2D eigenvalue weighted by atomic mass is 10.1. The van der Waals surface area contributed by atoms with E-state index in [0.717, 1.165) is 5.56 Å². The molecule has 0 aliphatic carbocycles. The second-order valence-corrected chi connectivity index (χ2v) is 10.5. The van der Waals surface area contributed by atoms with Gasteiger partial charge in [0.15, 0.2) is 22.4 Å². The van der Waals surface area contributed by atoms with Crippen molar-refractivity contribution in [1.29, 1.82) is 0 Å². The molecule has 0 amide bonds. The lowest BCUT2D eigenvalue weighted by Gasteiger charge is -2.26. The molecule has 9 nitrogen and oxygen atoms in total. The maximum absolute atomic E-state index is 12.8. The van der Waals surface area contributed by atoms with Gasteiger partial charge in [-0.25, -0.2) is 13.4 Å². The number of ketones is 1. The van der Waals surface area contributed by atoms with Crippen molar-refractivity contribution in [3.8, 4) is 22.8 Å². The Bertz CT molecular complexity index is 1280. The number of carbonyl (C=O) groups is 1. The molecule has 11 heteroatoms. The normalized spacial score (nSPS) is 16.2. The van der Waals surface area contributed by atoms with Gasteiger partial charge >= 0.3 is 0 Å². The summed E-state index contributed by atoms with van der Waals surface area (Å²) in [6.07, 6.45) is 0. The summed E-state index contributed by atoms with van der Waals surface area (Å²) in [6, 6.07) is 11.8. The van der Waals surface area contributed by atoms with E-state index in [9.17, 15) is 13.2 Å². The molecule has 1 aromatic heterocycles. The highest BCUT2D eigenvalue weighted by Gasteiger charge is 2.26. The highest BCUT2D eigenvalue weighted by atomic mass is 32.2. The van der Waals surface area contributed by atoms with Crippen LogP contribution in [0.4, 0.5) is 5.13 Å². The predicted molar refractivity (Wildman–Crippen MR) is 127 cm³/mol. The lowest BCUT2D eigenvalue weighted by molar-refractivity contribution is 0.0730. The molecular formula is C23H23N3O6S2. The minimum absolute atomic E-state index is 0.0866. The number of thiazole rings is 1. The first kappa shape index (κ1) is 22.8. The summed E-state index contributed by atoms with van der Waals surface area (Å²) >= 11 is 1.38. The van der Waals surface area contributed by atoms with Gasteiger partial charge in [0.1, 0.15) is 13.2 Å². The van der Waals surface area contributed by atoms with Gasteiger partial charge in [0, 0.05) is 29.6 Å². The van der Waals surface area contributed by atoms with Crippen molar-refractivity contribution in [3.05, 3.63) is 53.4 Å². The summed E-state index contributed by atoms with van der Waals surface area (Å²) in [6.45, 7) is 2.58. The molecule has 0 bridgehead atoms. The zero-order valence-electron chi connectivity index (χ0n) is 18.2. The number of carbonyl (C=O) groups excluding carboxylic acids is 1. The third-order valence-electron chi connectivity index (χ3n) is 5.53. The summed E-state index contributed by atoms with van der Waals surface area (Å²) in [5, 5.41) is 5.53. The van der Waals surface area contributed by atoms with Crippen LogP contribution >= 0.6 is 11.3 Å². The first-order chi connectivity index (χ1) is 16.5. The number of hydrogen-bond donors (Lipinski definition) is 1. The van der Waals surface area contributed by atoms with Gasteiger partial charge in [-0.05, 0) is 30.3 Å². The number of anilines is 1. The van der Waals surface area contributed by atoms with Crippen LogP contribution in [0.15, 0.2) is 52.7 Å². The SMILES string of the molecule is O=C(CNc1nc(-c2ccc(S(=O)(=O)N3CCOCC3)cc2)cs1)c1ccc2c(c1)OCCO2. The van der Waals surface area contributed by atoms with E-state index in [1.54, 1.807) is 42.5 Å². The molecule has 1 fully saturated rings. The Morgan fingerprint density at radius 3 is 2.50 bits per heavy atom. The van der Waals surface area contributed by atoms with Crippen LogP contribution in [0.2, 0.25) is 0 Å². The highest BCUT2D eigenvalue weighted by Crippen LogP contribution is 2.31. The molecule has 1 N–H and O–H groups in total. The number of fused-ring (bicyclic) bond motifs is 1. The van der Waals surface area contributed by atoms with Crippen molar-refractivity contribution >= 4 is 32.3 Å². The Kier molecular flexibility index (Phi) is 6.50. The molecule has 1 saturated heterocycles. The standard InChI is InChI=1S/C23H23N3O6S2/c27-20(17-3-6-21-22(13-17)32-12-11-31-21)14-24-23-25-19(15-33-23)16-1-4-18(5-2-16)34(28,29)26-7-9-30-10-8-26/h1-6,13,15H,7-12,14H2,(H,24,25). The zero-order chi connectivity index (χ0) is 23.5. The second-order valence-electron chi connectivity index (χ2n) is 7.71. The van der Waals surface area contributed by atoms with Gasteiger partial charge in [-0.3, -0.25) is 4.79 Å². The van der Waals surface area contributed by atoms with E-state index in [1.807, 2.05) is 5.38 Å². The van der Waals surface area contributed by atoms with E-state index in [-0.39, 0.29) is 17.2 Å². The van der Waals surface area contributed by atoms with Gasteiger partial charge in [-0.1, -0.05) is 12.1 Å². The number of nitrogens with one attached hydrogen (secondary N) is 1. The van der Waals surface area contributed by atoms with Crippen LogP contribution < -0.4 is 14.8 Å². The van der Waals surface area contributed by atoms with Crippen LogP contribution in [0.5, 0.6) is 11.5 Å². The number of aromatic nitrogens is 1. The number of ether oxygens (including phenoxy) is 3. The van der Waals surface area contributed by atoms with E-state index >= 15 is 0 Å². The van der Waals surface area contributed by atoms with Gasteiger partial charge in [0.05, 0.1) is 30.3 Å². The van der Waals surface area contributed by atoms with Crippen LogP contribution in [0, 0.1) is 0 Å². The Balaban J connectivity index is 1.22. The number of Topliss-reactive ketones (excluding diaryl/α,β-unsaturated/α-hetero) is 1. The van der Waals surface area contributed by atoms with E-state index in [4.69, 9.17) is 14.2 Å². The zero-order valence-corrected chi connectivity index (χ0v) is 19.9. The lowest BCUT2D eigenvalue weighted by Crippen LogP contribution is -2.40. The van der Waals surface area contributed by atoms with Crippen molar-refractivity contribution in [1.82, 2.24) is 9.29 Å². The Hall–Kier alpha value is -2.99. The smallest absolute Gasteiger partial charge is 0.243 e. The molecule has 0 radical (unpaired) electrons. The van der Waals surface area contributed by atoms with Gasteiger partial charge < -0.3 is 19.5 Å². The number of nitrogens with zero attached hydrogens (tertiary/aromatic N) is 2. The van der Waals surface area contributed by atoms with Crippen LogP contribution in [-0.2, 0) is 14.8 Å². The Morgan fingerprint density at radius 1 is 1.00 bits per heavy atom. The monoisotopic (exact) mass is 501 g/mol. The topological polar surface area (TPSA) is 107 Å². The van der Waals surface area contributed by atoms with E-state index in [0.29, 0.717) is 67.4 Å². The summed E-state index contributed by atoms with van der Waals surface area (Å²) in [5.41, 5.74) is 2.03. The summed E-state index contributed by atoms with van der Waals surface area (Å²) in [7, 11) is -3.54. The molecule has 34 heavy (non-hydrogen) atoms. The largest absolute Gasteiger partial charge is 0.486 e. The molecule has 0 spiro atoms. The molecule has 0 atom stereocenters. The summed E-state index contributed by atoms with van der Waals surface area (Å²) in [4.78, 5) is 17.4. The van der Waals surface area contributed by atoms with Crippen molar-refractivity contribution in [2.45, 2.75) is 4.90 Å². The number of benzene rings is 2. The van der Waals surface area contributed by atoms with Crippen LogP contribution in [0.3, 0.4) is 0 Å². The Morgan fingerprint density at radius 2 is 1.74 bits per heavy atom. The molecule has 3 heterocycles. The third kappa shape index (κ3) is 4.78. The quantitative estimate of drug-likeness (QED) is 0.493. The third-order valence-corrected chi connectivity index (χ3v) is 8.24. The van der Waals surface area contributed by atoms with Gasteiger partial charge in [-0.15, -0.1) is 11.3 Å². The summed E-state index contributed by atoms with van der Waals surface area (Å²) in [5.74, 6) is 1.13. The molecule has 0 saturated carbocycles. The van der Waals surface area contributed by atoms with Crippen molar-refractivity contribution in [2.24, 2.45) is 0 Å². The molecule has 5 rings (SSSR count). The number of sulfonamides is 1. The molecule has 2 aliphatic rings. The average molecular weight is 502 g/mol. The molecule has 0 unspecified atom stereocenters. The van der Waals surface area contributed by atoms with Crippen molar-refractivity contribution < 1.29 is 27.4 Å². The van der Waals surface area contributed by atoms with Crippen molar-refractivity contribution in [3.63, 3.8) is 0 Å². The van der Waals surface area contributed by atoms with E-state index in [1.165, 1.54) is 15.6 Å². The maximum atomic E-state index is 12.8. The Labute approximate surface area is 201 Å². The first-order valence-electron chi connectivity index (χ1n) is 10.8. The molecule has 3 aromatic rings. The van der Waals surface area contributed by atoms with Crippen molar-refractivity contribution in [2.75, 3.05) is 51.4 Å². The molecule has 178 valence electrons. The van der Waals surface area contributed by atoms with Gasteiger partial charge in [0.25, 0.3) is 0 Å². The average Bonchev–Trinajstić information content (AvgIpc) is 3.37. The fourth-order valence-electron chi connectivity index (χ4n) is 3.70. The minimum Gasteiger partial charge on any atom is -0.486 e. The van der Waals surface area contributed by atoms with Crippen LogP contribution in [0.1, 0.15) is 10.4 Å². The first-order valence-corrected chi connectivity index (χ1v) is 13.1. The molecular weight excluding hydrogens is 478 g/mol. The fraction of sp³-hybridized carbons (Fsp3) is 0.304. The van der Waals surface area contributed by atoms with Gasteiger partial charge in [0.2, 0.25) is 10.0 Å². The second kappa shape index (κ2) is 9.71. The van der Waals surface area contributed by atoms with E-state index in [2.05, 4.69) is 10.3 Å². The molecule has 2 aromatic carbocycles. The number of morpholine rings is 1. The highest BCUT2D eigenvalue weighted by molar-refractivity contribution is 7.89. The van der Waals surface area contributed by atoms with Gasteiger partial charge in [-0.2, -0.15) is 4.31 Å². The number of rotatable bonds is 7. The summed E-state index contributed by atoms with van der Waals surface area (Å²) < 4.78 is 43.3. The number of hydrogen-bond acceptors (Lipinski definition) is 9. The minimum atomic E-state index is -3.54. The molecule has 2 aliphatic heterocycles. The van der Waals surface area contributed by atoms with E-state index < -0.39 is 10.0 Å². The fourth-order valence-corrected chi connectivity index (χ4v) is 5.82. The predicted octanol–water partition coefficient (Wildman–Crippen LogP) is 2.90. The van der Waals surface area contributed by atoms with Crippen LogP contribution in [-0.4, -0.2) is 69.6 Å². The maximum Gasteiger partial charge on any atom is 0.243 e.